The topological polar surface area (TPSA) is 57.9 Å². The molecule has 1 aromatic heterocycles. The van der Waals surface area contributed by atoms with Crippen LogP contribution in [0.3, 0.4) is 0 Å². The van der Waals surface area contributed by atoms with Gasteiger partial charge in [-0.3, -0.25) is 9.67 Å². The highest BCUT2D eigenvalue weighted by Crippen LogP contribution is 2.31. The van der Waals surface area contributed by atoms with Crippen molar-refractivity contribution in [3.05, 3.63) is 47.8 Å². The van der Waals surface area contributed by atoms with Crippen LogP contribution in [0.2, 0.25) is 0 Å². The van der Waals surface area contributed by atoms with Crippen LogP contribution in [0.15, 0.2) is 41.7 Å². The Morgan fingerprint density at radius 1 is 1.34 bits per heavy atom. The van der Waals surface area contributed by atoms with Crippen molar-refractivity contribution in [3.8, 4) is 0 Å². The molecule has 7 nitrogen and oxygen atoms in total. The minimum absolute atomic E-state index is 0. The summed E-state index contributed by atoms with van der Waals surface area (Å²) < 4.78 is 7.77. The summed E-state index contributed by atoms with van der Waals surface area (Å²) in [4.78, 5) is 9.28. The van der Waals surface area contributed by atoms with E-state index in [1.807, 2.05) is 31.2 Å². The highest BCUT2D eigenvalue weighted by molar-refractivity contribution is 14.0. The number of nitrogens with zero attached hydrogens (tertiary/aromatic N) is 5. The molecule has 0 radical (unpaired) electrons. The summed E-state index contributed by atoms with van der Waals surface area (Å²) in [7, 11) is 3.78. The lowest BCUT2D eigenvalue weighted by Crippen LogP contribution is -2.49. The fourth-order valence-corrected chi connectivity index (χ4v) is 4.24. The van der Waals surface area contributed by atoms with E-state index in [9.17, 15) is 0 Å². The molecule has 0 bridgehead atoms. The maximum atomic E-state index is 5.96. The van der Waals surface area contributed by atoms with Gasteiger partial charge >= 0.3 is 0 Å². The smallest absolute Gasteiger partial charge is 0.193 e. The average molecular weight is 510 g/mol. The van der Waals surface area contributed by atoms with E-state index in [4.69, 9.17) is 4.74 Å². The Morgan fingerprint density at radius 2 is 2.17 bits per heavy atom. The van der Waals surface area contributed by atoms with Crippen molar-refractivity contribution in [2.24, 2.45) is 12.0 Å². The molecule has 158 valence electrons. The minimum Gasteiger partial charge on any atom is -0.370 e. The first-order valence-corrected chi connectivity index (χ1v) is 10.1. The van der Waals surface area contributed by atoms with Gasteiger partial charge in [0.2, 0.25) is 0 Å². The summed E-state index contributed by atoms with van der Waals surface area (Å²) in [6, 6.07) is 9.27. The van der Waals surface area contributed by atoms with Gasteiger partial charge < -0.3 is 19.9 Å². The van der Waals surface area contributed by atoms with E-state index in [-0.39, 0.29) is 30.1 Å². The number of anilines is 1. The van der Waals surface area contributed by atoms with E-state index < -0.39 is 0 Å². The molecule has 2 unspecified atom stereocenters. The number of guanidine groups is 1. The van der Waals surface area contributed by atoms with Crippen LogP contribution in [-0.4, -0.2) is 66.5 Å². The Labute approximate surface area is 190 Å². The maximum Gasteiger partial charge on any atom is 0.193 e. The monoisotopic (exact) mass is 510 g/mol. The molecule has 8 heteroatoms. The first kappa shape index (κ1) is 21.9. The van der Waals surface area contributed by atoms with E-state index in [0.29, 0.717) is 12.6 Å². The van der Waals surface area contributed by atoms with E-state index in [1.54, 1.807) is 0 Å². The summed E-state index contributed by atoms with van der Waals surface area (Å²) in [6.07, 6.45) is 5.07. The van der Waals surface area contributed by atoms with Crippen molar-refractivity contribution in [2.75, 3.05) is 44.7 Å². The normalized spacial score (nSPS) is 21.7. The van der Waals surface area contributed by atoms with Gasteiger partial charge in [-0.1, -0.05) is 18.2 Å². The maximum absolute atomic E-state index is 5.96. The third-order valence-corrected chi connectivity index (χ3v) is 5.66. The molecule has 1 N–H and O–H groups in total. The lowest BCUT2D eigenvalue weighted by Gasteiger charge is -2.35. The van der Waals surface area contributed by atoms with E-state index in [0.717, 1.165) is 44.1 Å². The van der Waals surface area contributed by atoms with Crippen molar-refractivity contribution in [1.82, 2.24) is 20.0 Å². The molecule has 2 aliphatic heterocycles. The molecule has 29 heavy (non-hydrogen) atoms. The van der Waals surface area contributed by atoms with Gasteiger partial charge in [0.15, 0.2) is 5.96 Å². The summed E-state index contributed by atoms with van der Waals surface area (Å²) in [5.41, 5.74) is 3.94. The minimum atomic E-state index is 0. The number of aliphatic imine (C=N–C) groups is 1. The van der Waals surface area contributed by atoms with E-state index >= 15 is 0 Å². The molecule has 2 atom stereocenters. The molecule has 1 aromatic carbocycles. The van der Waals surface area contributed by atoms with Gasteiger partial charge in [-0.2, -0.15) is 5.10 Å². The second kappa shape index (κ2) is 9.80. The number of fused-ring (bicyclic) bond motifs is 1. The van der Waals surface area contributed by atoms with Gasteiger partial charge in [0, 0.05) is 57.2 Å². The Kier molecular flexibility index (Phi) is 7.39. The number of halogens is 1. The van der Waals surface area contributed by atoms with Crippen LogP contribution in [0, 0.1) is 0 Å². The SMILES string of the molecule is CN=C(NCCN1c2ccccc2CC1C)N1CCOC(c2cnn(C)c2)C1.I. The molecule has 1 fully saturated rings. The summed E-state index contributed by atoms with van der Waals surface area (Å²) >= 11 is 0. The summed E-state index contributed by atoms with van der Waals surface area (Å²) in [6.45, 7) is 6.45. The van der Waals surface area contributed by atoms with Crippen LogP contribution >= 0.6 is 24.0 Å². The number of morpholine rings is 1. The number of rotatable bonds is 4. The number of ether oxygens (including phenoxy) is 1. The number of nitrogens with one attached hydrogen (secondary N) is 1. The zero-order valence-corrected chi connectivity index (χ0v) is 19.7. The molecule has 3 heterocycles. The molecular formula is C21H31IN6O. The number of para-hydroxylation sites is 1. The lowest BCUT2D eigenvalue weighted by atomic mass is 10.1. The Hall–Kier alpha value is -1.81. The van der Waals surface area contributed by atoms with Gasteiger partial charge in [-0.25, -0.2) is 0 Å². The van der Waals surface area contributed by atoms with Crippen molar-refractivity contribution >= 4 is 35.6 Å². The fourth-order valence-electron chi connectivity index (χ4n) is 4.24. The quantitative estimate of drug-likeness (QED) is 0.389. The highest BCUT2D eigenvalue weighted by atomic mass is 127. The predicted octanol–water partition coefficient (Wildman–Crippen LogP) is 2.44. The van der Waals surface area contributed by atoms with Crippen molar-refractivity contribution in [1.29, 1.82) is 0 Å². The molecule has 0 spiro atoms. The molecular weight excluding hydrogens is 479 g/mol. The summed E-state index contributed by atoms with van der Waals surface area (Å²) in [5.74, 6) is 0.942. The molecule has 0 amide bonds. The van der Waals surface area contributed by atoms with E-state index in [2.05, 4.69) is 56.4 Å². The van der Waals surface area contributed by atoms with Crippen LogP contribution in [-0.2, 0) is 18.2 Å². The number of hydrogen-bond donors (Lipinski definition) is 1. The summed E-state index contributed by atoms with van der Waals surface area (Å²) in [5, 5.41) is 7.82. The van der Waals surface area contributed by atoms with Crippen molar-refractivity contribution in [3.63, 3.8) is 0 Å². The van der Waals surface area contributed by atoms with Crippen molar-refractivity contribution in [2.45, 2.75) is 25.5 Å². The number of aryl methyl sites for hydroxylation is 1. The number of aromatic nitrogens is 2. The lowest BCUT2D eigenvalue weighted by molar-refractivity contribution is -0.00800. The van der Waals surface area contributed by atoms with Gasteiger partial charge in [0.1, 0.15) is 6.10 Å². The molecule has 2 aromatic rings. The van der Waals surface area contributed by atoms with Gasteiger partial charge in [0.25, 0.3) is 0 Å². The molecule has 0 saturated carbocycles. The standard InChI is InChI=1S/C21H30N6O.HI/c1-16-12-17-6-4-5-7-19(17)27(16)9-8-23-21(22-2)26-10-11-28-20(15-26)18-13-24-25(3)14-18;/h4-7,13-14,16,20H,8-12,15H2,1-3H3,(H,22,23);1H. The third kappa shape index (κ3) is 4.85. The zero-order chi connectivity index (χ0) is 19.5. The molecule has 0 aliphatic carbocycles. The second-order valence-electron chi connectivity index (χ2n) is 7.60. The average Bonchev–Trinajstić information content (AvgIpc) is 3.28. The Balaban J connectivity index is 0.00000240. The molecule has 2 aliphatic rings. The largest absolute Gasteiger partial charge is 0.370 e. The number of hydrogen-bond acceptors (Lipinski definition) is 4. The second-order valence-corrected chi connectivity index (χ2v) is 7.60. The van der Waals surface area contributed by atoms with Gasteiger partial charge in [-0.05, 0) is 25.0 Å². The van der Waals surface area contributed by atoms with Crippen LogP contribution in [0.25, 0.3) is 0 Å². The first-order chi connectivity index (χ1) is 13.7. The Morgan fingerprint density at radius 3 is 2.93 bits per heavy atom. The fraction of sp³-hybridized carbons (Fsp3) is 0.524. The van der Waals surface area contributed by atoms with Gasteiger partial charge in [0.05, 0.1) is 19.3 Å². The van der Waals surface area contributed by atoms with Crippen molar-refractivity contribution < 1.29 is 4.74 Å². The van der Waals surface area contributed by atoms with Crippen LogP contribution < -0.4 is 10.2 Å². The number of benzene rings is 1. The van der Waals surface area contributed by atoms with Gasteiger partial charge in [-0.15, -0.1) is 24.0 Å². The van der Waals surface area contributed by atoms with E-state index in [1.165, 1.54) is 11.3 Å². The molecule has 4 rings (SSSR count). The van der Waals surface area contributed by atoms with Crippen LogP contribution in [0.1, 0.15) is 24.2 Å². The highest BCUT2D eigenvalue weighted by Gasteiger charge is 2.27. The zero-order valence-electron chi connectivity index (χ0n) is 17.4. The van der Waals surface area contributed by atoms with Crippen LogP contribution in [0.5, 0.6) is 0 Å². The Bertz CT molecular complexity index is 838. The first-order valence-electron chi connectivity index (χ1n) is 10.1. The molecule has 1 saturated heterocycles. The predicted molar refractivity (Wildman–Crippen MR) is 127 cm³/mol. The van der Waals surface area contributed by atoms with Crippen LogP contribution in [0.4, 0.5) is 5.69 Å². The third-order valence-electron chi connectivity index (χ3n) is 5.66.